The van der Waals surface area contributed by atoms with Crippen LogP contribution >= 0.6 is 0 Å². The van der Waals surface area contributed by atoms with E-state index < -0.39 is 0 Å². The molecule has 0 spiro atoms. The van der Waals surface area contributed by atoms with Crippen molar-refractivity contribution in [3.8, 4) is 0 Å². The second-order valence-corrected chi connectivity index (χ2v) is 6.07. The molecular weight excluding hydrogens is 248 g/mol. The lowest BCUT2D eigenvalue weighted by molar-refractivity contribution is 0.0683. The summed E-state index contributed by atoms with van der Waals surface area (Å²) in [4.78, 5) is 2.62. The van der Waals surface area contributed by atoms with Crippen molar-refractivity contribution in [2.24, 2.45) is 11.7 Å². The highest BCUT2D eigenvalue weighted by molar-refractivity contribution is 5.63. The van der Waals surface area contributed by atoms with E-state index in [9.17, 15) is 0 Å². The van der Waals surface area contributed by atoms with Gasteiger partial charge in [-0.15, -0.1) is 0 Å². The summed E-state index contributed by atoms with van der Waals surface area (Å²) in [6, 6.07) is 6.80. The van der Waals surface area contributed by atoms with E-state index in [1.54, 1.807) is 0 Å². The number of benzene rings is 1. The van der Waals surface area contributed by atoms with E-state index in [1.807, 2.05) is 0 Å². The van der Waals surface area contributed by atoms with Gasteiger partial charge in [0.05, 0.1) is 0 Å². The van der Waals surface area contributed by atoms with Crippen LogP contribution in [0.4, 0.5) is 5.69 Å². The summed E-state index contributed by atoms with van der Waals surface area (Å²) < 4.78 is 5.48. The third-order valence-electron chi connectivity index (χ3n) is 4.64. The first kappa shape index (κ1) is 13.9. The average Bonchev–Trinajstić information content (AvgIpc) is 2.90. The Hall–Kier alpha value is -1.06. The fourth-order valence-corrected chi connectivity index (χ4v) is 3.54. The third-order valence-corrected chi connectivity index (χ3v) is 4.64. The van der Waals surface area contributed by atoms with Gasteiger partial charge < -0.3 is 15.4 Å². The highest BCUT2D eigenvalue weighted by Gasteiger charge is 2.25. The van der Waals surface area contributed by atoms with Gasteiger partial charge in [-0.2, -0.15) is 0 Å². The molecule has 110 valence electrons. The van der Waals surface area contributed by atoms with Crippen molar-refractivity contribution >= 4 is 5.69 Å². The highest BCUT2D eigenvalue weighted by atomic mass is 16.5. The Kier molecular flexibility index (Phi) is 4.58. The minimum atomic E-state index is 0.781. The lowest BCUT2D eigenvalue weighted by atomic mass is 9.98. The Morgan fingerprint density at radius 1 is 1.25 bits per heavy atom. The molecule has 0 atom stereocenters. The van der Waals surface area contributed by atoms with E-state index in [-0.39, 0.29) is 0 Å². The molecule has 20 heavy (non-hydrogen) atoms. The molecule has 1 saturated heterocycles. The van der Waals surface area contributed by atoms with Crippen LogP contribution < -0.4 is 10.6 Å². The van der Waals surface area contributed by atoms with Crippen molar-refractivity contribution in [2.45, 2.75) is 32.1 Å². The van der Waals surface area contributed by atoms with Crippen LogP contribution in [-0.4, -0.2) is 32.8 Å². The van der Waals surface area contributed by atoms with Crippen molar-refractivity contribution < 1.29 is 4.74 Å². The van der Waals surface area contributed by atoms with Crippen LogP contribution in [0.15, 0.2) is 18.2 Å². The van der Waals surface area contributed by atoms with Gasteiger partial charge in [0.15, 0.2) is 0 Å². The van der Waals surface area contributed by atoms with E-state index in [4.69, 9.17) is 10.5 Å². The van der Waals surface area contributed by atoms with Crippen LogP contribution in [0.3, 0.4) is 0 Å². The fourth-order valence-electron chi connectivity index (χ4n) is 3.54. The molecule has 0 aliphatic carbocycles. The van der Waals surface area contributed by atoms with Crippen LogP contribution in [0.5, 0.6) is 0 Å². The summed E-state index contributed by atoms with van der Waals surface area (Å²) in [5.41, 5.74) is 10.2. The SMILES string of the molecule is NCCCc1cccc2c1N(CC1CCOCC1)CC2. The Morgan fingerprint density at radius 3 is 2.90 bits per heavy atom. The second kappa shape index (κ2) is 6.59. The Labute approximate surface area is 122 Å². The second-order valence-electron chi connectivity index (χ2n) is 6.07. The Bertz CT molecular complexity index is 441. The Balaban J connectivity index is 1.73. The zero-order chi connectivity index (χ0) is 13.8. The van der Waals surface area contributed by atoms with Crippen molar-refractivity contribution in [3.63, 3.8) is 0 Å². The van der Waals surface area contributed by atoms with E-state index in [0.717, 1.165) is 38.5 Å². The maximum atomic E-state index is 5.68. The summed E-state index contributed by atoms with van der Waals surface area (Å²) in [6.45, 7) is 5.06. The number of rotatable bonds is 5. The Morgan fingerprint density at radius 2 is 2.10 bits per heavy atom. The zero-order valence-corrected chi connectivity index (χ0v) is 12.3. The van der Waals surface area contributed by atoms with Gasteiger partial charge >= 0.3 is 0 Å². The number of para-hydroxylation sites is 1. The number of nitrogens with zero attached hydrogens (tertiary/aromatic N) is 1. The third kappa shape index (κ3) is 2.99. The number of anilines is 1. The number of aryl methyl sites for hydroxylation is 1. The summed E-state index contributed by atoms with van der Waals surface area (Å²) in [6.07, 6.45) is 5.84. The predicted molar refractivity (Wildman–Crippen MR) is 83.3 cm³/mol. The predicted octanol–water partition coefficient (Wildman–Crippen LogP) is 2.37. The molecule has 2 aliphatic heterocycles. The van der Waals surface area contributed by atoms with Crippen molar-refractivity contribution in [2.75, 3.05) is 37.7 Å². The molecule has 0 unspecified atom stereocenters. The van der Waals surface area contributed by atoms with Crippen molar-refractivity contribution in [1.29, 1.82) is 0 Å². The summed E-state index contributed by atoms with van der Waals surface area (Å²) >= 11 is 0. The average molecular weight is 274 g/mol. The molecule has 2 N–H and O–H groups in total. The van der Waals surface area contributed by atoms with Gasteiger partial charge in [-0.05, 0) is 55.7 Å². The number of ether oxygens (including phenoxy) is 1. The molecule has 1 aromatic carbocycles. The summed E-state index contributed by atoms with van der Waals surface area (Å²) in [5.74, 6) is 0.803. The number of fused-ring (bicyclic) bond motifs is 1. The summed E-state index contributed by atoms with van der Waals surface area (Å²) in [5, 5.41) is 0. The monoisotopic (exact) mass is 274 g/mol. The standard InChI is InChI=1S/C17H26N2O/c18-9-2-5-15-3-1-4-16-6-10-19(17(15)16)13-14-7-11-20-12-8-14/h1,3-4,14H,2,5-13,18H2. The van der Waals surface area contributed by atoms with E-state index in [2.05, 4.69) is 23.1 Å². The lowest BCUT2D eigenvalue weighted by Gasteiger charge is -2.29. The summed E-state index contributed by atoms with van der Waals surface area (Å²) in [7, 11) is 0. The molecule has 0 bridgehead atoms. The van der Waals surface area contributed by atoms with Crippen LogP contribution in [0, 0.1) is 5.92 Å². The van der Waals surface area contributed by atoms with Crippen molar-refractivity contribution in [3.05, 3.63) is 29.3 Å². The molecule has 0 radical (unpaired) electrons. The van der Waals surface area contributed by atoms with E-state index in [0.29, 0.717) is 0 Å². The molecule has 3 rings (SSSR count). The minimum Gasteiger partial charge on any atom is -0.381 e. The minimum absolute atomic E-state index is 0.781. The molecule has 3 nitrogen and oxygen atoms in total. The van der Waals surface area contributed by atoms with Gasteiger partial charge in [-0.25, -0.2) is 0 Å². The maximum absolute atomic E-state index is 5.68. The number of hydrogen-bond acceptors (Lipinski definition) is 3. The largest absolute Gasteiger partial charge is 0.381 e. The van der Waals surface area contributed by atoms with Gasteiger partial charge in [0.2, 0.25) is 0 Å². The van der Waals surface area contributed by atoms with Crippen LogP contribution in [0.2, 0.25) is 0 Å². The topological polar surface area (TPSA) is 38.5 Å². The quantitative estimate of drug-likeness (QED) is 0.896. The number of hydrogen-bond donors (Lipinski definition) is 1. The van der Waals surface area contributed by atoms with Gasteiger partial charge in [0.25, 0.3) is 0 Å². The van der Waals surface area contributed by atoms with E-state index in [1.165, 1.54) is 49.2 Å². The zero-order valence-electron chi connectivity index (χ0n) is 12.3. The van der Waals surface area contributed by atoms with Crippen LogP contribution in [-0.2, 0) is 17.6 Å². The maximum Gasteiger partial charge on any atom is 0.0469 e. The highest BCUT2D eigenvalue weighted by Crippen LogP contribution is 2.34. The molecule has 0 aromatic heterocycles. The number of nitrogens with two attached hydrogens (primary N) is 1. The molecule has 0 saturated carbocycles. The molecular formula is C17H26N2O. The van der Waals surface area contributed by atoms with Crippen LogP contribution in [0.25, 0.3) is 0 Å². The molecule has 0 amide bonds. The van der Waals surface area contributed by atoms with Gasteiger partial charge in [0.1, 0.15) is 0 Å². The molecule has 1 aromatic rings. The van der Waals surface area contributed by atoms with Gasteiger partial charge in [-0.1, -0.05) is 18.2 Å². The fraction of sp³-hybridized carbons (Fsp3) is 0.647. The molecule has 3 heteroatoms. The first-order valence-corrected chi connectivity index (χ1v) is 8.02. The molecule has 2 aliphatic rings. The first-order valence-electron chi connectivity index (χ1n) is 8.02. The smallest absolute Gasteiger partial charge is 0.0469 e. The lowest BCUT2D eigenvalue weighted by Crippen LogP contribution is -2.31. The first-order chi connectivity index (χ1) is 9.88. The normalized spacial score (nSPS) is 19.4. The van der Waals surface area contributed by atoms with Crippen LogP contribution in [0.1, 0.15) is 30.4 Å². The molecule has 2 heterocycles. The molecule has 1 fully saturated rings. The van der Waals surface area contributed by atoms with Crippen molar-refractivity contribution in [1.82, 2.24) is 0 Å². The van der Waals surface area contributed by atoms with Gasteiger partial charge in [0, 0.05) is 32.0 Å². The van der Waals surface area contributed by atoms with E-state index >= 15 is 0 Å². The van der Waals surface area contributed by atoms with Gasteiger partial charge in [-0.3, -0.25) is 0 Å².